The molecule has 2 aliphatic rings. The highest BCUT2D eigenvalue weighted by molar-refractivity contribution is 5.35. The van der Waals surface area contributed by atoms with E-state index in [0.717, 1.165) is 25.3 Å². The molecule has 0 spiro atoms. The average molecular weight is 266 g/mol. The quantitative estimate of drug-likeness (QED) is 0.670. The van der Waals surface area contributed by atoms with Gasteiger partial charge < -0.3 is 10.1 Å². The number of benzene rings is 1. The second-order valence-corrected chi connectivity index (χ2v) is 5.17. The second-order valence-electron chi connectivity index (χ2n) is 5.17. The molecule has 2 aliphatic heterocycles. The molecule has 1 aromatic rings. The molecular formula is C13H15FN2O3. The summed E-state index contributed by atoms with van der Waals surface area (Å²) in [4.78, 5) is 10.1. The molecule has 0 aromatic heterocycles. The Labute approximate surface area is 109 Å². The van der Waals surface area contributed by atoms with Crippen molar-refractivity contribution in [2.45, 2.75) is 44.1 Å². The van der Waals surface area contributed by atoms with E-state index in [0.29, 0.717) is 18.2 Å². The van der Waals surface area contributed by atoms with Gasteiger partial charge in [0.2, 0.25) is 0 Å². The first-order valence-electron chi connectivity index (χ1n) is 6.44. The van der Waals surface area contributed by atoms with Crippen molar-refractivity contribution in [3.05, 3.63) is 39.7 Å². The number of hydrogen-bond donors (Lipinski definition) is 1. The van der Waals surface area contributed by atoms with E-state index < -0.39 is 10.7 Å². The van der Waals surface area contributed by atoms with E-state index >= 15 is 0 Å². The summed E-state index contributed by atoms with van der Waals surface area (Å²) < 4.78 is 19.0. The van der Waals surface area contributed by atoms with Crippen LogP contribution in [0, 0.1) is 15.9 Å². The lowest BCUT2D eigenvalue weighted by Crippen LogP contribution is -2.37. The Kier molecular flexibility index (Phi) is 3.20. The van der Waals surface area contributed by atoms with E-state index in [1.807, 2.05) is 0 Å². The second kappa shape index (κ2) is 4.86. The number of halogens is 1. The highest BCUT2D eigenvalue weighted by atomic mass is 19.1. The summed E-state index contributed by atoms with van der Waals surface area (Å²) in [7, 11) is 0. The van der Waals surface area contributed by atoms with Gasteiger partial charge in [-0.05, 0) is 30.9 Å². The third kappa shape index (κ3) is 2.59. The monoisotopic (exact) mass is 266 g/mol. The molecule has 0 radical (unpaired) electrons. The molecule has 3 rings (SSSR count). The minimum absolute atomic E-state index is 0.207. The Bertz CT molecular complexity index is 509. The predicted molar refractivity (Wildman–Crippen MR) is 66.2 cm³/mol. The third-order valence-corrected chi connectivity index (χ3v) is 3.83. The highest BCUT2D eigenvalue weighted by Crippen LogP contribution is 2.34. The lowest BCUT2D eigenvalue weighted by Gasteiger charge is -2.20. The van der Waals surface area contributed by atoms with Crippen LogP contribution in [0.4, 0.5) is 10.1 Å². The molecule has 1 N–H and O–H groups in total. The van der Waals surface area contributed by atoms with Crippen LogP contribution in [0.3, 0.4) is 0 Å². The van der Waals surface area contributed by atoms with Gasteiger partial charge >= 0.3 is 0 Å². The van der Waals surface area contributed by atoms with E-state index in [-0.39, 0.29) is 17.8 Å². The summed E-state index contributed by atoms with van der Waals surface area (Å²) in [6.45, 7) is 0.426. The van der Waals surface area contributed by atoms with Crippen LogP contribution in [0.2, 0.25) is 0 Å². The van der Waals surface area contributed by atoms with Crippen LogP contribution in [0.15, 0.2) is 18.2 Å². The number of fused-ring (bicyclic) bond motifs is 2. The van der Waals surface area contributed by atoms with Gasteiger partial charge in [0, 0.05) is 18.7 Å². The molecule has 0 aliphatic carbocycles. The summed E-state index contributed by atoms with van der Waals surface area (Å²) in [5.41, 5.74) is 0.385. The maximum atomic E-state index is 13.3. The summed E-state index contributed by atoms with van der Waals surface area (Å²) in [5, 5.41) is 14.0. The molecule has 0 saturated carbocycles. The van der Waals surface area contributed by atoms with Crippen LogP contribution in [-0.4, -0.2) is 23.2 Å². The fourth-order valence-electron chi connectivity index (χ4n) is 2.94. The van der Waals surface area contributed by atoms with E-state index in [4.69, 9.17) is 4.74 Å². The topological polar surface area (TPSA) is 64.4 Å². The Morgan fingerprint density at radius 1 is 1.42 bits per heavy atom. The Morgan fingerprint density at radius 3 is 2.89 bits per heavy atom. The normalized spacial score (nSPS) is 28.8. The number of nitro groups is 1. The first-order valence-corrected chi connectivity index (χ1v) is 6.44. The molecule has 3 atom stereocenters. The van der Waals surface area contributed by atoms with Gasteiger partial charge in [-0.2, -0.15) is 0 Å². The Balaban J connectivity index is 1.65. The summed E-state index contributed by atoms with van der Waals surface area (Å²) in [5.74, 6) is -0.574. The number of non-ortho nitro benzene ring substituents is 1. The largest absolute Gasteiger partial charge is 0.373 e. The van der Waals surface area contributed by atoms with Gasteiger partial charge in [-0.1, -0.05) is 0 Å². The Morgan fingerprint density at radius 2 is 2.26 bits per heavy atom. The number of nitrogens with zero attached hydrogens (tertiary/aromatic N) is 1. The van der Waals surface area contributed by atoms with Crippen molar-refractivity contribution in [1.82, 2.24) is 5.32 Å². The molecule has 102 valence electrons. The van der Waals surface area contributed by atoms with Crippen molar-refractivity contribution in [3.63, 3.8) is 0 Å². The van der Waals surface area contributed by atoms with Crippen LogP contribution < -0.4 is 5.32 Å². The summed E-state index contributed by atoms with van der Waals surface area (Å²) in [6, 6.07) is 3.95. The maximum Gasteiger partial charge on any atom is 0.272 e. The van der Waals surface area contributed by atoms with Crippen LogP contribution in [0.5, 0.6) is 0 Å². The van der Waals surface area contributed by atoms with E-state index in [1.54, 1.807) is 0 Å². The maximum absolute atomic E-state index is 13.3. The number of rotatable bonds is 4. The molecule has 6 heteroatoms. The molecular weight excluding hydrogens is 251 g/mol. The molecule has 2 fully saturated rings. The minimum Gasteiger partial charge on any atom is -0.373 e. The lowest BCUT2D eigenvalue weighted by molar-refractivity contribution is -0.385. The van der Waals surface area contributed by atoms with Gasteiger partial charge in [0.05, 0.1) is 23.2 Å². The van der Waals surface area contributed by atoms with Crippen LogP contribution in [0.1, 0.15) is 24.8 Å². The molecule has 3 unspecified atom stereocenters. The number of nitro benzene ring substituents is 1. The van der Waals surface area contributed by atoms with Crippen LogP contribution in [-0.2, 0) is 11.3 Å². The fourth-order valence-corrected chi connectivity index (χ4v) is 2.94. The van der Waals surface area contributed by atoms with Gasteiger partial charge in [0.25, 0.3) is 5.69 Å². The van der Waals surface area contributed by atoms with Crippen molar-refractivity contribution in [2.24, 2.45) is 0 Å². The zero-order chi connectivity index (χ0) is 13.4. The summed E-state index contributed by atoms with van der Waals surface area (Å²) in [6.07, 6.45) is 3.75. The van der Waals surface area contributed by atoms with Gasteiger partial charge in [-0.3, -0.25) is 10.1 Å². The number of hydrogen-bond acceptors (Lipinski definition) is 4. The fraction of sp³-hybridized carbons (Fsp3) is 0.538. The van der Waals surface area contributed by atoms with E-state index in [9.17, 15) is 14.5 Å². The van der Waals surface area contributed by atoms with Gasteiger partial charge in [0.15, 0.2) is 0 Å². The van der Waals surface area contributed by atoms with Crippen molar-refractivity contribution >= 4 is 5.69 Å². The number of ether oxygens (including phenoxy) is 1. The third-order valence-electron chi connectivity index (χ3n) is 3.83. The zero-order valence-corrected chi connectivity index (χ0v) is 10.3. The molecule has 0 amide bonds. The molecule has 2 saturated heterocycles. The molecule has 19 heavy (non-hydrogen) atoms. The van der Waals surface area contributed by atoms with Gasteiger partial charge in [-0.15, -0.1) is 0 Å². The number of nitrogens with one attached hydrogen (secondary N) is 1. The van der Waals surface area contributed by atoms with Crippen LogP contribution in [0.25, 0.3) is 0 Å². The first-order chi connectivity index (χ1) is 9.11. The highest BCUT2D eigenvalue weighted by Gasteiger charge is 2.40. The first kappa shape index (κ1) is 12.5. The van der Waals surface area contributed by atoms with Crippen molar-refractivity contribution in [1.29, 1.82) is 0 Å². The van der Waals surface area contributed by atoms with Gasteiger partial charge in [-0.25, -0.2) is 4.39 Å². The predicted octanol–water partition coefficient (Wildman–Crippen LogP) is 2.14. The molecule has 2 heterocycles. The van der Waals surface area contributed by atoms with E-state index in [2.05, 4.69) is 5.32 Å². The van der Waals surface area contributed by atoms with Crippen molar-refractivity contribution in [2.75, 3.05) is 0 Å². The minimum atomic E-state index is -0.576. The molecule has 2 bridgehead atoms. The van der Waals surface area contributed by atoms with Gasteiger partial charge in [0.1, 0.15) is 5.82 Å². The summed E-state index contributed by atoms with van der Waals surface area (Å²) >= 11 is 0. The Hall–Kier alpha value is -1.53. The van der Waals surface area contributed by atoms with Crippen LogP contribution >= 0.6 is 0 Å². The van der Waals surface area contributed by atoms with Crippen molar-refractivity contribution in [3.8, 4) is 0 Å². The van der Waals surface area contributed by atoms with E-state index in [1.165, 1.54) is 12.1 Å². The SMILES string of the molecule is O=[N+]([O-])c1cc(F)cc(CNC2CC3CCC2O3)c1. The molecule has 1 aromatic carbocycles. The standard InChI is InChI=1S/C13H15FN2O3/c14-9-3-8(4-10(5-9)16(17)18)7-15-12-6-11-1-2-13(12)19-11/h3-5,11-13,15H,1-2,6-7H2. The van der Waals surface area contributed by atoms with Crippen molar-refractivity contribution < 1.29 is 14.1 Å². The molecule has 5 nitrogen and oxygen atoms in total. The average Bonchev–Trinajstić information content (AvgIpc) is 2.97. The smallest absolute Gasteiger partial charge is 0.272 e. The zero-order valence-electron chi connectivity index (χ0n) is 10.3. The lowest BCUT2D eigenvalue weighted by atomic mass is 9.95.